The Kier molecular flexibility index (Phi) is 6.48. The summed E-state index contributed by atoms with van der Waals surface area (Å²) in [7, 11) is 1.23. The molecule has 0 aliphatic heterocycles. The Morgan fingerprint density at radius 3 is 2.82 bits per heavy atom. The van der Waals surface area contributed by atoms with E-state index in [0.717, 1.165) is 25.5 Å². The Labute approximate surface area is 195 Å². The number of anilines is 2. The number of nitrogens with zero attached hydrogens (tertiary/aromatic N) is 2. The molecule has 2 heterocycles. The second kappa shape index (κ2) is 9.18. The van der Waals surface area contributed by atoms with Gasteiger partial charge in [0.05, 0.1) is 28.5 Å². The van der Waals surface area contributed by atoms with Crippen LogP contribution < -0.4 is 16.4 Å². The second-order valence-corrected chi connectivity index (χ2v) is 8.68. The van der Waals surface area contributed by atoms with Gasteiger partial charge in [0.1, 0.15) is 5.56 Å². The van der Waals surface area contributed by atoms with Crippen molar-refractivity contribution in [1.29, 1.82) is 0 Å². The third-order valence-corrected chi connectivity index (χ3v) is 6.44. The van der Waals surface area contributed by atoms with E-state index in [0.29, 0.717) is 27.5 Å². The van der Waals surface area contributed by atoms with Crippen LogP contribution in [0.15, 0.2) is 29.0 Å². The van der Waals surface area contributed by atoms with Gasteiger partial charge in [0.2, 0.25) is 5.95 Å². The first-order valence-electron chi connectivity index (χ1n) is 10.3. The molecule has 5 N–H and O–H groups in total. The highest BCUT2D eigenvalue weighted by Gasteiger charge is 2.36. The summed E-state index contributed by atoms with van der Waals surface area (Å²) in [5.41, 5.74) is 5.99. The SMILES string of the molecule is COC(=O)Nc1ccc2c(-c3nc(NC4CCCC(N)C4)ncc3C(F)(F)F)c[nH]c2c1Br. The summed E-state index contributed by atoms with van der Waals surface area (Å²) >= 11 is 3.39. The lowest BCUT2D eigenvalue weighted by Gasteiger charge is -2.27. The number of nitrogens with one attached hydrogen (secondary N) is 3. The molecule has 1 aliphatic rings. The van der Waals surface area contributed by atoms with Crippen molar-refractivity contribution >= 4 is 44.6 Å². The maximum absolute atomic E-state index is 13.8. The zero-order valence-electron chi connectivity index (χ0n) is 17.6. The quantitative estimate of drug-likeness (QED) is 0.368. The van der Waals surface area contributed by atoms with Crippen LogP contribution in [0.5, 0.6) is 0 Å². The van der Waals surface area contributed by atoms with E-state index in [-0.39, 0.29) is 29.3 Å². The fourth-order valence-electron chi connectivity index (χ4n) is 4.02. The number of alkyl halides is 3. The third-order valence-electron chi connectivity index (χ3n) is 5.61. The highest BCUT2D eigenvalue weighted by Crippen LogP contribution is 2.41. The molecule has 2 atom stereocenters. The zero-order chi connectivity index (χ0) is 23.8. The molecule has 1 amide bonds. The van der Waals surface area contributed by atoms with E-state index in [1.807, 2.05) is 0 Å². The van der Waals surface area contributed by atoms with Crippen LogP contribution in [0.1, 0.15) is 31.2 Å². The van der Waals surface area contributed by atoms with Gasteiger partial charge in [-0.15, -0.1) is 0 Å². The molecule has 1 aromatic carbocycles. The van der Waals surface area contributed by atoms with Crippen molar-refractivity contribution < 1.29 is 22.7 Å². The lowest BCUT2D eigenvalue weighted by molar-refractivity contribution is -0.137. The molecule has 3 aromatic rings. The summed E-state index contributed by atoms with van der Waals surface area (Å²) in [4.78, 5) is 22.7. The summed E-state index contributed by atoms with van der Waals surface area (Å²) in [6, 6.07) is 3.22. The topological polar surface area (TPSA) is 118 Å². The molecular formula is C21H22BrF3N6O2. The Bertz CT molecular complexity index is 1180. The highest BCUT2D eigenvalue weighted by atomic mass is 79.9. The van der Waals surface area contributed by atoms with Gasteiger partial charge in [-0.1, -0.05) is 6.07 Å². The monoisotopic (exact) mass is 526 g/mol. The van der Waals surface area contributed by atoms with Crippen molar-refractivity contribution in [3.05, 3.63) is 34.6 Å². The molecule has 176 valence electrons. The van der Waals surface area contributed by atoms with Gasteiger partial charge in [0, 0.05) is 35.4 Å². The minimum atomic E-state index is -4.64. The number of H-pyrrole nitrogens is 1. The van der Waals surface area contributed by atoms with E-state index in [9.17, 15) is 18.0 Å². The van der Waals surface area contributed by atoms with E-state index in [1.165, 1.54) is 13.3 Å². The van der Waals surface area contributed by atoms with Crippen molar-refractivity contribution in [1.82, 2.24) is 15.0 Å². The van der Waals surface area contributed by atoms with E-state index < -0.39 is 17.8 Å². The number of carbonyl (C=O) groups excluding carboxylic acids is 1. The number of ether oxygens (including phenoxy) is 1. The number of carbonyl (C=O) groups is 1. The van der Waals surface area contributed by atoms with Gasteiger partial charge in [-0.3, -0.25) is 5.32 Å². The van der Waals surface area contributed by atoms with Gasteiger partial charge in [-0.2, -0.15) is 13.2 Å². The minimum Gasteiger partial charge on any atom is -0.453 e. The van der Waals surface area contributed by atoms with Gasteiger partial charge in [0.15, 0.2) is 0 Å². The molecule has 1 aliphatic carbocycles. The van der Waals surface area contributed by atoms with Crippen LogP contribution in [-0.4, -0.2) is 40.2 Å². The lowest BCUT2D eigenvalue weighted by Crippen LogP contribution is -2.35. The van der Waals surface area contributed by atoms with Gasteiger partial charge in [-0.25, -0.2) is 14.8 Å². The van der Waals surface area contributed by atoms with Crippen molar-refractivity contribution in [3.8, 4) is 11.3 Å². The number of nitrogens with two attached hydrogens (primary N) is 1. The minimum absolute atomic E-state index is 0.00223. The number of hydrogen-bond acceptors (Lipinski definition) is 6. The van der Waals surface area contributed by atoms with Crippen LogP contribution >= 0.6 is 15.9 Å². The van der Waals surface area contributed by atoms with Crippen LogP contribution in [0.2, 0.25) is 0 Å². The third kappa shape index (κ3) is 4.91. The molecule has 0 spiro atoms. The van der Waals surface area contributed by atoms with E-state index in [4.69, 9.17) is 5.73 Å². The molecule has 33 heavy (non-hydrogen) atoms. The van der Waals surface area contributed by atoms with Gasteiger partial charge in [0.25, 0.3) is 0 Å². The molecule has 2 unspecified atom stereocenters. The normalized spacial score (nSPS) is 18.8. The van der Waals surface area contributed by atoms with E-state index >= 15 is 0 Å². The van der Waals surface area contributed by atoms with Gasteiger partial charge >= 0.3 is 12.3 Å². The van der Waals surface area contributed by atoms with Gasteiger partial charge in [-0.05, 0) is 47.7 Å². The molecule has 12 heteroatoms. The lowest BCUT2D eigenvalue weighted by atomic mass is 9.92. The van der Waals surface area contributed by atoms with E-state index in [2.05, 4.69) is 46.3 Å². The predicted molar refractivity (Wildman–Crippen MR) is 122 cm³/mol. The molecule has 1 fully saturated rings. The Morgan fingerprint density at radius 2 is 2.12 bits per heavy atom. The molecule has 0 radical (unpaired) electrons. The smallest absolute Gasteiger partial charge is 0.419 e. The molecule has 0 saturated heterocycles. The average molecular weight is 527 g/mol. The summed E-state index contributed by atoms with van der Waals surface area (Å²) in [6.07, 6.45) is 0.353. The van der Waals surface area contributed by atoms with Crippen LogP contribution in [0.4, 0.5) is 29.6 Å². The predicted octanol–water partition coefficient (Wildman–Crippen LogP) is 5.27. The number of rotatable bonds is 4. The number of aromatic amines is 1. The number of aromatic nitrogens is 3. The summed E-state index contributed by atoms with van der Waals surface area (Å²) in [5.74, 6) is 0.120. The number of halogens is 4. The highest BCUT2D eigenvalue weighted by molar-refractivity contribution is 9.10. The van der Waals surface area contributed by atoms with Crippen LogP contribution in [0.3, 0.4) is 0 Å². The number of methoxy groups -OCH3 is 1. The molecule has 8 nitrogen and oxygen atoms in total. The fraction of sp³-hybridized carbons (Fsp3) is 0.381. The van der Waals surface area contributed by atoms with Gasteiger partial charge < -0.3 is 20.8 Å². The molecule has 2 aromatic heterocycles. The molecule has 0 bridgehead atoms. The van der Waals surface area contributed by atoms with Crippen LogP contribution in [0, 0.1) is 0 Å². The summed E-state index contributed by atoms with van der Waals surface area (Å²) < 4.78 is 46.5. The molecule has 4 rings (SSSR count). The number of hydrogen-bond donors (Lipinski definition) is 4. The van der Waals surface area contributed by atoms with Crippen molar-refractivity contribution in [2.75, 3.05) is 17.7 Å². The first-order chi connectivity index (χ1) is 15.7. The summed E-state index contributed by atoms with van der Waals surface area (Å²) in [5, 5.41) is 6.17. The summed E-state index contributed by atoms with van der Waals surface area (Å²) in [6.45, 7) is 0. The molecular weight excluding hydrogens is 505 g/mol. The van der Waals surface area contributed by atoms with E-state index in [1.54, 1.807) is 12.1 Å². The standard InChI is InChI=1S/C21H22BrF3N6O2/c1-33-20(32)30-15-6-5-12-13(8-27-18(12)16(15)22)17-14(21(23,24)25)9-28-19(31-17)29-11-4-2-3-10(26)7-11/h5-6,8-11,27H,2-4,7,26H2,1H3,(H,30,32)(H,28,29,31). The first kappa shape index (κ1) is 23.3. The second-order valence-electron chi connectivity index (χ2n) is 7.89. The largest absolute Gasteiger partial charge is 0.453 e. The number of fused-ring (bicyclic) bond motifs is 1. The molecule has 1 saturated carbocycles. The van der Waals surface area contributed by atoms with Crippen molar-refractivity contribution in [2.24, 2.45) is 5.73 Å². The Hall–Kier alpha value is -2.86. The first-order valence-corrected chi connectivity index (χ1v) is 11.1. The number of benzene rings is 1. The zero-order valence-corrected chi connectivity index (χ0v) is 19.2. The Morgan fingerprint density at radius 1 is 1.33 bits per heavy atom. The van der Waals surface area contributed by atoms with Crippen LogP contribution in [-0.2, 0) is 10.9 Å². The fourth-order valence-corrected chi connectivity index (χ4v) is 4.58. The maximum Gasteiger partial charge on any atom is 0.419 e. The average Bonchev–Trinajstić information content (AvgIpc) is 3.19. The van der Waals surface area contributed by atoms with Crippen molar-refractivity contribution in [3.63, 3.8) is 0 Å². The maximum atomic E-state index is 13.8. The van der Waals surface area contributed by atoms with Crippen molar-refractivity contribution in [2.45, 2.75) is 43.9 Å². The Balaban J connectivity index is 1.76. The van der Waals surface area contributed by atoms with Crippen LogP contribution in [0.25, 0.3) is 22.2 Å². The number of amides is 1.